The smallest absolute Gasteiger partial charge is 0.179 e. The zero-order chi connectivity index (χ0) is 14.8. The van der Waals surface area contributed by atoms with E-state index in [0.29, 0.717) is 0 Å². The monoisotopic (exact) mass is 303 g/mol. The minimum absolute atomic E-state index is 0.910. The third kappa shape index (κ3) is 2.49. The molecule has 0 spiro atoms. The maximum absolute atomic E-state index is 4.82. The molecule has 2 aromatic heterocycles. The van der Waals surface area contributed by atoms with Gasteiger partial charge in [-0.3, -0.25) is 4.40 Å². The van der Waals surface area contributed by atoms with Crippen molar-refractivity contribution in [2.45, 2.75) is 10.1 Å². The van der Waals surface area contributed by atoms with Crippen molar-refractivity contribution in [2.24, 2.45) is 0 Å². The predicted molar refractivity (Wildman–Crippen MR) is 89.0 cm³/mol. The van der Waals surface area contributed by atoms with Gasteiger partial charge in [-0.15, -0.1) is 0 Å². The maximum Gasteiger partial charge on any atom is 0.179 e. The number of hydrogen-bond acceptors (Lipinski definition) is 3. The highest BCUT2D eigenvalue weighted by atomic mass is 32.2. The quantitative estimate of drug-likeness (QED) is 0.520. The average Bonchev–Trinajstić information content (AvgIpc) is 3.05. The lowest BCUT2D eigenvalue weighted by Crippen LogP contribution is -1.96. The van der Waals surface area contributed by atoms with Gasteiger partial charge in [-0.05, 0) is 12.1 Å². The van der Waals surface area contributed by atoms with Crippen LogP contribution in [0.5, 0.6) is 0 Å². The van der Waals surface area contributed by atoms with Crippen LogP contribution in [0.3, 0.4) is 0 Å². The molecule has 0 aliphatic carbocycles. The molecule has 106 valence electrons. The molecule has 0 aliphatic heterocycles. The second kappa shape index (κ2) is 5.66. The molecule has 0 amide bonds. The van der Waals surface area contributed by atoms with Crippen molar-refractivity contribution in [3.63, 3.8) is 0 Å². The van der Waals surface area contributed by atoms with Gasteiger partial charge in [0.05, 0.1) is 5.69 Å². The van der Waals surface area contributed by atoms with E-state index < -0.39 is 0 Å². The average molecular weight is 303 g/mol. The minimum Gasteiger partial charge on any atom is -0.278 e. The Hall–Kier alpha value is -2.59. The molecule has 0 radical (unpaired) electrons. The van der Waals surface area contributed by atoms with Crippen molar-refractivity contribution in [3.8, 4) is 11.3 Å². The molecule has 2 heterocycles. The molecule has 4 heteroatoms. The Bertz CT molecular complexity index is 901. The van der Waals surface area contributed by atoms with Crippen LogP contribution in [0.4, 0.5) is 0 Å². The minimum atomic E-state index is 0.910. The van der Waals surface area contributed by atoms with Crippen LogP contribution in [0.25, 0.3) is 16.9 Å². The third-order valence-electron chi connectivity index (χ3n) is 3.38. The summed E-state index contributed by atoms with van der Waals surface area (Å²) in [5, 5.41) is 0.917. The first-order chi connectivity index (χ1) is 10.9. The highest BCUT2D eigenvalue weighted by Crippen LogP contribution is 2.29. The highest BCUT2D eigenvalue weighted by molar-refractivity contribution is 7.99. The fourth-order valence-electron chi connectivity index (χ4n) is 2.32. The molecule has 0 unspecified atom stereocenters. The third-order valence-corrected chi connectivity index (χ3v) is 4.36. The van der Waals surface area contributed by atoms with Gasteiger partial charge in [0.25, 0.3) is 0 Å². The number of imidazole rings is 1. The molecule has 0 N–H and O–H groups in total. The first kappa shape index (κ1) is 13.1. The summed E-state index contributed by atoms with van der Waals surface area (Å²) in [6, 6.07) is 22.5. The Kier molecular flexibility index (Phi) is 3.37. The van der Waals surface area contributed by atoms with Gasteiger partial charge in [-0.2, -0.15) is 0 Å². The van der Waals surface area contributed by atoms with Crippen molar-refractivity contribution < 1.29 is 0 Å². The van der Waals surface area contributed by atoms with Gasteiger partial charge in [0.2, 0.25) is 0 Å². The van der Waals surface area contributed by atoms with Gasteiger partial charge in [-0.1, -0.05) is 60.3 Å². The van der Waals surface area contributed by atoms with Crippen LogP contribution in [0, 0.1) is 0 Å². The van der Waals surface area contributed by atoms with Crippen molar-refractivity contribution in [2.75, 3.05) is 0 Å². The lowest BCUT2D eigenvalue weighted by atomic mass is 10.1. The van der Waals surface area contributed by atoms with Crippen LogP contribution in [0.15, 0.2) is 89.2 Å². The fraction of sp³-hybridized carbons (Fsp3) is 0. The molecular weight excluding hydrogens is 290 g/mol. The molecule has 4 rings (SSSR count). The number of fused-ring (bicyclic) bond motifs is 1. The van der Waals surface area contributed by atoms with Gasteiger partial charge in [0.15, 0.2) is 5.16 Å². The number of hydrogen-bond donors (Lipinski definition) is 0. The Labute approximate surface area is 132 Å². The summed E-state index contributed by atoms with van der Waals surface area (Å²) in [6.07, 6.45) is 3.75. The van der Waals surface area contributed by atoms with Crippen LogP contribution in [0.1, 0.15) is 0 Å². The Morgan fingerprint density at radius 2 is 1.59 bits per heavy atom. The van der Waals surface area contributed by atoms with E-state index in [4.69, 9.17) is 4.98 Å². The zero-order valence-corrected chi connectivity index (χ0v) is 12.6. The Morgan fingerprint density at radius 1 is 0.864 bits per heavy atom. The van der Waals surface area contributed by atoms with Gasteiger partial charge < -0.3 is 0 Å². The molecule has 2 aromatic carbocycles. The second-order valence-corrected chi connectivity index (χ2v) is 5.90. The summed E-state index contributed by atoms with van der Waals surface area (Å²) in [7, 11) is 0. The fourth-order valence-corrected chi connectivity index (χ4v) is 3.22. The molecule has 0 bridgehead atoms. The summed E-state index contributed by atoms with van der Waals surface area (Å²) < 4.78 is 2.02. The van der Waals surface area contributed by atoms with E-state index in [0.717, 1.165) is 27.0 Å². The molecule has 4 aromatic rings. The van der Waals surface area contributed by atoms with Crippen LogP contribution < -0.4 is 0 Å². The summed E-state index contributed by atoms with van der Waals surface area (Å²) in [6.45, 7) is 0. The number of nitrogens with zero attached hydrogens (tertiary/aromatic N) is 3. The summed E-state index contributed by atoms with van der Waals surface area (Å²) >= 11 is 1.64. The van der Waals surface area contributed by atoms with E-state index in [1.54, 1.807) is 18.0 Å². The standard InChI is InChI=1S/C18H13N3S/c1-3-7-14(8-4-1)16-13-17-19-11-12-21(17)18(20-16)22-15-9-5-2-6-10-15/h1-13H. The molecular formula is C18H13N3S. The van der Waals surface area contributed by atoms with E-state index in [-0.39, 0.29) is 0 Å². The molecule has 0 saturated heterocycles. The van der Waals surface area contributed by atoms with Crippen molar-refractivity contribution in [1.29, 1.82) is 0 Å². The van der Waals surface area contributed by atoms with Crippen LogP contribution >= 0.6 is 11.8 Å². The Balaban J connectivity index is 1.84. The number of aromatic nitrogens is 3. The predicted octanol–water partition coefficient (Wildman–Crippen LogP) is 4.55. The maximum atomic E-state index is 4.82. The van der Waals surface area contributed by atoms with E-state index in [1.807, 2.05) is 53.1 Å². The zero-order valence-electron chi connectivity index (χ0n) is 11.8. The molecule has 0 aliphatic rings. The van der Waals surface area contributed by atoms with Crippen molar-refractivity contribution in [1.82, 2.24) is 14.4 Å². The molecule has 0 fully saturated rings. The van der Waals surface area contributed by atoms with E-state index in [9.17, 15) is 0 Å². The SMILES string of the molecule is c1ccc(Sc2nc(-c3ccccc3)cc3nccn23)cc1. The number of benzene rings is 2. The molecule has 0 atom stereocenters. The van der Waals surface area contributed by atoms with E-state index in [1.165, 1.54) is 0 Å². The van der Waals surface area contributed by atoms with Crippen LogP contribution in [-0.4, -0.2) is 14.4 Å². The molecule has 0 saturated carbocycles. The largest absolute Gasteiger partial charge is 0.278 e. The molecule has 3 nitrogen and oxygen atoms in total. The van der Waals surface area contributed by atoms with Gasteiger partial charge >= 0.3 is 0 Å². The van der Waals surface area contributed by atoms with Crippen molar-refractivity contribution >= 4 is 17.4 Å². The second-order valence-electron chi connectivity index (χ2n) is 4.86. The lowest BCUT2D eigenvalue weighted by molar-refractivity contribution is 0.907. The first-order valence-electron chi connectivity index (χ1n) is 7.02. The summed E-state index contributed by atoms with van der Waals surface area (Å²) in [4.78, 5) is 10.4. The summed E-state index contributed by atoms with van der Waals surface area (Å²) in [5.41, 5.74) is 2.95. The van der Waals surface area contributed by atoms with Crippen molar-refractivity contribution in [3.05, 3.63) is 79.1 Å². The van der Waals surface area contributed by atoms with Crippen LogP contribution in [0.2, 0.25) is 0 Å². The highest BCUT2D eigenvalue weighted by Gasteiger charge is 2.09. The first-order valence-corrected chi connectivity index (χ1v) is 7.84. The van der Waals surface area contributed by atoms with Crippen LogP contribution in [-0.2, 0) is 0 Å². The van der Waals surface area contributed by atoms with Gasteiger partial charge in [0, 0.05) is 28.9 Å². The van der Waals surface area contributed by atoms with Gasteiger partial charge in [-0.25, -0.2) is 9.97 Å². The van der Waals surface area contributed by atoms with E-state index >= 15 is 0 Å². The summed E-state index contributed by atoms with van der Waals surface area (Å²) in [5.74, 6) is 0. The Morgan fingerprint density at radius 3 is 2.36 bits per heavy atom. The molecule has 22 heavy (non-hydrogen) atoms. The lowest BCUT2D eigenvalue weighted by Gasteiger charge is -2.08. The van der Waals surface area contributed by atoms with E-state index in [2.05, 4.69) is 29.2 Å². The topological polar surface area (TPSA) is 30.2 Å². The van der Waals surface area contributed by atoms with Gasteiger partial charge in [0.1, 0.15) is 5.65 Å². The number of rotatable bonds is 3. The normalized spacial score (nSPS) is 10.9.